The van der Waals surface area contributed by atoms with E-state index >= 15 is 0 Å². The van der Waals surface area contributed by atoms with Crippen LogP contribution in [0.25, 0.3) is 11.1 Å². The van der Waals surface area contributed by atoms with Crippen LogP contribution in [0.1, 0.15) is 18.1 Å². The van der Waals surface area contributed by atoms with E-state index in [4.69, 9.17) is 0 Å². The molecule has 4 rings (SSSR count). The average Bonchev–Trinajstić information content (AvgIpc) is 2.57. The molecule has 0 saturated carbocycles. The summed E-state index contributed by atoms with van der Waals surface area (Å²) in [5, 5.41) is 0. The lowest BCUT2D eigenvalue weighted by Crippen LogP contribution is -2.40. The molecule has 0 N–H and O–H groups in total. The SMILES string of the molecule is CC1=C(c2ccccc2)C2CN(CC=C2c2ccc(F)cc2)C1. The van der Waals surface area contributed by atoms with Crippen molar-refractivity contribution >= 4 is 11.1 Å². The summed E-state index contributed by atoms with van der Waals surface area (Å²) in [5.41, 5.74) is 6.67. The zero-order valence-corrected chi connectivity index (χ0v) is 13.3. The van der Waals surface area contributed by atoms with Gasteiger partial charge >= 0.3 is 0 Å². The van der Waals surface area contributed by atoms with Crippen molar-refractivity contribution in [1.29, 1.82) is 0 Å². The lowest BCUT2D eigenvalue weighted by atomic mass is 9.76. The van der Waals surface area contributed by atoms with Crippen LogP contribution in [0.3, 0.4) is 0 Å². The Labute approximate surface area is 136 Å². The maximum atomic E-state index is 13.3. The van der Waals surface area contributed by atoms with Crippen LogP contribution in [0, 0.1) is 11.7 Å². The smallest absolute Gasteiger partial charge is 0.123 e. The average molecular weight is 305 g/mol. The Kier molecular flexibility index (Phi) is 3.62. The van der Waals surface area contributed by atoms with Gasteiger partial charge in [0.2, 0.25) is 0 Å². The predicted molar refractivity (Wildman–Crippen MR) is 93.3 cm³/mol. The number of halogens is 1. The van der Waals surface area contributed by atoms with E-state index in [0.29, 0.717) is 5.92 Å². The molecule has 116 valence electrons. The summed E-state index contributed by atoms with van der Waals surface area (Å²) in [6.45, 7) is 5.30. The van der Waals surface area contributed by atoms with Crippen molar-refractivity contribution in [3.05, 3.63) is 83.2 Å². The van der Waals surface area contributed by atoms with Crippen LogP contribution in [0.5, 0.6) is 0 Å². The zero-order chi connectivity index (χ0) is 15.8. The molecule has 0 fully saturated rings. The second-order valence-corrected chi connectivity index (χ2v) is 6.47. The topological polar surface area (TPSA) is 3.24 Å². The molecular weight excluding hydrogens is 285 g/mol. The Hall–Kier alpha value is -2.19. The second kappa shape index (κ2) is 5.78. The van der Waals surface area contributed by atoms with E-state index < -0.39 is 0 Å². The lowest BCUT2D eigenvalue weighted by Gasteiger charge is -2.40. The van der Waals surface area contributed by atoms with Crippen LogP contribution in [0.2, 0.25) is 0 Å². The molecule has 0 aliphatic carbocycles. The molecule has 2 heteroatoms. The van der Waals surface area contributed by atoms with E-state index in [1.807, 2.05) is 12.1 Å². The predicted octanol–water partition coefficient (Wildman–Crippen LogP) is 4.63. The number of hydrogen-bond donors (Lipinski definition) is 0. The monoisotopic (exact) mass is 305 g/mol. The van der Waals surface area contributed by atoms with Gasteiger partial charge in [0.1, 0.15) is 5.82 Å². The van der Waals surface area contributed by atoms with Crippen molar-refractivity contribution in [3.8, 4) is 0 Å². The van der Waals surface area contributed by atoms with Crippen molar-refractivity contribution in [2.24, 2.45) is 5.92 Å². The minimum absolute atomic E-state index is 0.176. The Morgan fingerprint density at radius 1 is 0.957 bits per heavy atom. The quantitative estimate of drug-likeness (QED) is 0.782. The van der Waals surface area contributed by atoms with Gasteiger partial charge in [0.05, 0.1) is 0 Å². The molecule has 2 heterocycles. The number of hydrogen-bond acceptors (Lipinski definition) is 1. The summed E-state index contributed by atoms with van der Waals surface area (Å²) in [6, 6.07) is 17.6. The third-order valence-corrected chi connectivity index (χ3v) is 4.92. The first-order valence-electron chi connectivity index (χ1n) is 8.16. The standard InChI is InChI=1S/C21H20FN/c1-15-13-23-12-11-19(16-7-9-18(22)10-8-16)20(14-23)21(15)17-5-3-2-4-6-17/h2-11,20H,12-14H2,1H3. The molecule has 1 nitrogen and oxygen atoms in total. The Balaban J connectivity index is 1.80. The molecule has 0 amide bonds. The van der Waals surface area contributed by atoms with Crippen molar-refractivity contribution in [3.63, 3.8) is 0 Å². The molecule has 0 spiro atoms. The molecule has 2 aliphatic rings. The minimum atomic E-state index is -0.176. The molecule has 2 atom stereocenters. The molecule has 23 heavy (non-hydrogen) atoms. The summed E-state index contributed by atoms with van der Waals surface area (Å²) in [6.07, 6.45) is 2.32. The molecule has 0 aromatic heterocycles. The van der Waals surface area contributed by atoms with Gasteiger partial charge in [-0.1, -0.05) is 54.1 Å². The summed E-state index contributed by atoms with van der Waals surface area (Å²) in [5.74, 6) is 0.191. The molecule has 2 unspecified atom stereocenters. The summed E-state index contributed by atoms with van der Waals surface area (Å²) in [4.78, 5) is 2.49. The van der Waals surface area contributed by atoms with Crippen molar-refractivity contribution in [1.82, 2.24) is 4.90 Å². The van der Waals surface area contributed by atoms with Crippen LogP contribution in [-0.2, 0) is 0 Å². The van der Waals surface area contributed by atoms with Gasteiger partial charge in [0.25, 0.3) is 0 Å². The summed E-state index contributed by atoms with van der Waals surface area (Å²) in [7, 11) is 0. The van der Waals surface area contributed by atoms with E-state index in [-0.39, 0.29) is 5.82 Å². The highest BCUT2D eigenvalue weighted by atomic mass is 19.1. The van der Waals surface area contributed by atoms with E-state index in [2.05, 4.69) is 48.2 Å². The fourth-order valence-corrected chi connectivity index (χ4v) is 3.92. The van der Waals surface area contributed by atoms with Crippen LogP contribution < -0.4 is 0 Å². The van der Waals surface area contributed by atoms with Gasteiger partial charge in [-0.25, -0.2) is 4.39 Å². The number of rotatable bonds is 2. The molecule has 2 bridgehead atoms. The molecule has 2 aromatic rings. The Bertz CT molecular complexity index is 771. The Morgan fingerprint density at radius 3 is 2.43 bits per heavy atom. The van der Waals surface area contributed by atoms with Gasteiger partial charge in [0.15, 0.2) is 0 Å². The maximum absolute atomic E-state index is 13.3. The summed E-state index contributed by atoms with van der Waals surface area (Å²) < 4.78 is 13.3. The zero-order valence-electron chi connectivity index (χ0n) is 13.3. The number of fused-ring (bicyclic) bond motifs is 2. The van der Waals surface area contributed by atoms with Gasteiger partial charge in [-0.05, 0) is 41.3 Å². The van der Waals surface area contributed by atoms with Gasteiger partial charge in [0, 0.05) is 25.6 Å². The maximum Gasteiger partial charge on any atom is 0.123 e. The largest absolute Gasteiger partial charge is 0.295 e. The van der Waals surface area contributed by atoms with Crippen molar-refractivity contribution in [2.45, 2.75) is 6.92 Å². The van der Waals surface area contributed by atoms with E-state index in [0.717, 1.165) is 25.2 Å². The first-order chi connectivity index (χ1) is 11.2. The van der Waals surface area contributed by atoms with E-state index in [1.165, 1.54) is 22.3 Å². The van der Waals surface area contributed by atoms with E-state index in [9.17, 15) is 4.39 Å². The van der Waals surface area contributed by atoms with Crippen LogP contribution in [-0.4, -0.2) is 24.5 Å². The Morgan fingerprint density at radius 2 is 1.70 bits per heavy atom. The fourth-order valence-electron chi connectivity index (χ4n) is 3.92. The van der Waals surface area contributed by atoms with Crippen molar-refractivity contribution in [2.75, 3.05) is 19.6 Å². The van der Waals surface area contributed by atoms with Crippen molar-refractivity contribution < 1.29 is 4.39 Å². The fraction of sp³-hybridized carbons (Fsp3) is 0.238. The summed E-state index contributed by atoms with van der Waals surface area (Å²) >= 11 is 0. The number of nitrogens with zero attached hydrogens (tertiary/aromatic N) is 1. The highest BCUT2D eigenvalue weighted by molar-refractivity contribution is 5.85. The molecule has 2 aliphatic heterocycles. The van der Waals surface area contributed by atoms with E-state index in [1.54, 1.807) is 12.1 Å². The molecule has 0 saturated heterocycles. The minimum Gasteiger partial charge on any atom is -0.295 e. The normalized spacial score (nSPS) is 23.7. The third-order valence-electron chi connectivity index (χ3n) is 4.92. The number of benzene rings is 2. The highest BCUT2D eigenvalue weighted by Gasteiger charge is 2.32. The van der Waals surface area contributed by atoms with Gasteiger partial charge < -0.3 is 0 Å². The molecular formula is C21H20FN. The van der Waals surface area contributed by atoms with Crippen LogP contribution in [0.4, 0.5) is 4.39 Å². The lowest BCUT2D eigenvalue weighted by molar-refractivity contribution is 0.293. The second-order valence-electron chi connectivity index (χ2n) is 6.47. The highest BCUT2D eigenvalue weighted by Crippen LogP contribution is 2.42. The van der Waals surface area contributed by atoms with Gasteiger partial charge in [-0.2, -0.15) is 0 Å². The molecule has 0 radical (unpaired) electrons. The molecule has 2 aromatic carbocycles. The van der Waals surface area contributed by atoms with Gasteiger partial charge in [-0.3, -0.25) is 4.90 Å². The first kappa shape index (κ1) is 14.4. The van der Waals surface area contributed by atoms with Crippen LogP contribution in [0.15, 0.2) is 66.2 Å². The van der Waals surface area contributed by atoms with Gasteiger partial charge in [-0.15, -0.1) is 0 Å². The van der Waals surface area contributed by atoms with Crippen LogP contribution >= 0.6 is 0 Å². The first-order valence-corrected chi connectivity index (χ1v) is 8.16. The third kappa shape index (κ3) is 2.64.